The number of nitrogens with one attached hydrogen (secondary N) is 1. The Kier molecular flexibility index (Phi) is 0.646. The van der Waals surface area contributed by atoms with Crippen LogP contribution in [0.5, 0.6) is 0 Å². The number of pyridine rings is 1. The molecule has 9 heavy (non-hydrogen) atoms. The van der Waals surface area contributed by atoms with Crippen LogP contribution in [0.25, 0.3) is 10.9 Å². The van der Waals surface area contributed by atoms with Gasteiger partial charge in [0.1, 0.15) is 0 Å². The molecule has 2 aromatic rings. The fourth-order valence-corrected chi connectivity index (χ4v) is 0.827. The Morgan fingerprint density at radius 1 is 1.56 bits per heavy atom. The summed E-state index contributed by atoms with van der Waals surface area (Å²) in [5.74, 6) is 0. The van der Waals surface area contributed by atoms with E-state index in [0.29, 0.717) is 6.17 Å². The highest BCUT2D eigenvalue weighted by molar-refractivity contribution is 5.77. The summed E-state index contributed by atoms with van der Waals surface area (Å²) in [5, 5.41) is 1.04. The van der Waals surface area contributed by atoms with Gasteiger partial charge in [0.2, 0.25) is 0 Å². The second-order valence-electron chi connectivity index (χ2n) is 1.88. The molecule has 0 fully saturated rings. The lowest BCUT2D eigenvalue weighted by molar-refractivity contribution is 1.34. The van der Waals surface area contributed by atoms with Crippen LogP contribution in [0.3, 0.4) is 0 Å². The third-order valence-electron chi connectivity index (χ3n) is 1.29. The Morgan fingerprint density at radius 3 is 3.44 bits per heavy atom. The van der Waals surface area contributed by atoms with Crippen molar-refractivity contribution < 1.29 is 1.37 Å². The molecule has 0 saturated heterocycles. The molecule has 2 nitrogen and oxygen atoms in total. The van der Waals surface area contributed by atoms with E-state index in [1.807, 2.05) is 6.07 Å². The Morgan fingerprint density at radius 2 is 2.56 bits per heavy atom. The summed E-state index contributed by atoms with van der Waals surface area (Å²) in [6.45, 7) is 0. The number of nitrogens with zero attached hydrogens (tertiary/aromatic N) is 1. The van der Waals surface area contributed by atoms with Gasteiger partial charge in [0.25, 0.3) is 0 Å². The number of hydrogen-bond acceptors (Lipinski definition) is 1. The molecule has 2 heterocycles. The van der Waals surface area contributed by atoms with E-state index in [2.05, 4.69) is 9.97 Å². The molecule has 44 valence electrons. The molecule has 2 aromatic heterocycles. The van der Waals surface area contributed by atoms with E-state index in [1.54, 1.807) is 18.5 Å². The van der Waals surface area contributed by atoms with Gasteiger partial charge in [-0.3, -0.25) is 4.98 Å². The predicted octanol–water partition coefficient (Wildman–Crippen LogP) is 1.56. The first-order valence-corrected chi connectivity index (χ1v) is 2.75. The maximum atomic E-state index is 7.24. The molecule has 0 aromatic carbocycles. The van der Waals surface area contributed by atoms with Gasteiger partial charge in [-0.15, -0.1) is 0 Å². The van der Waals surface area contributed by atoms with Crippen LogP contribution in [0.1, 0.15) is 1.37 Å². The zero-order valence-corrected chi connectivity index (χ0v) is 4.76. The van der Waals surface area contributed by atoms with Crippen molar-refractivity contribution in [3.05, 3.63) is 30.7 Å². The van der Waals surface area contributed by atoms with Crippen LogP contribution < -0.4 is 0 Å². The molecular weight excluding hydrogens is 112 g/mol. The molecule has 0 saturated carbocycles. The smallest absolute Gasteiger partial charge is 0.0816 e. The minimum Gasteiger partial charge on any atom is -0.360 e. The van der Waals surface area contributed by atoms with Gasteiger partial charge in [-0.1, -0.05) is 0 Å². The van der Waals surface area contributed by atoms with Crippen LogP contribution in [-0.2, 0) is 0 Å². The van der Waals surface area contributed by atoms with Crippen LogP contribution in [-0.4, -0.2) is 9.97 Å². The summed E-state index contributed by atoms with van der Waals surface area (Å²) in [7, 11) is 0. The van der Waals surface area contributed by atoms with E-state index >= 15 is 0 Å². The highest BCUT2D eigenvalue weighted by Gasteiger charge is 1.87. The second kappa shape index (κ2) is 1.58. The van der Waals surface area contributed by atoms with Crippen LogP contribution in [0.15, 0.2) is 30.7 Å². The van der Waals surface area contributed by atoms with Crippen molar-refractivity contribution in [2.45, 2.75) is 0 Å². The Bertz CT molecular complexity index is 320. The van der Waals surface area contributed by atoms with Crippen LogP contribution in [0.2, 0.25) is 0 Å². The maximum absolute atomic E-state index is 7.24. The predicted molar refractivity (Wildman–Crippen MR) is 36.1 cm³/mol. The largest absolute Gasteiger partial charge is 0.360 e. The first kappa shape index (κ1) is 3.67. The number of hydrogen-bond donors (Lipinski definition) is 1. The van der Waals surface area contributed by atoms with Crippen LogP contribution in [0.4, 0.5) is 0 Å². The topological polar surface area (TPSA) is 28.7 Å². The molecular formula is C7H6N2. The van der Waals surface area contributed by atoms with Crippen molar-refractivity contribution in [2.75, 3.05) is 0 Å². The minimum absolute atomic E-state index is 0.433. The van der Waals surface area contributed by atoms with Crippen molar-refractivity contribution in [1.82, 2.24) is 9.97 Å². The molecule has 0 atom stereocenters. The molecule has 0 amide bonds. The average Bonchev–Trinajstić information content (AvgIpc) is 2.27. The van der Waals surface area contributed by atoms with Gasteiger partial charge in [-0.05, 0) is 12.1 Å². The van der Waals surface area contributed by atoms with E-state index < -0.39 is 0 Å². The summed E-state index contributed by atoms with van der Waals surface area (Å²) >= 11 is 0. The van der Waals surface area contributed by atoms with Gasteiger partial charge in [-0.2, -0.15) is 0 Å². The zero-order chi connectivity index (χ0) is 6.97. The molecule has 0 aliphatic carbocycles. The summed E-state index contributed by atoms with van der Waals surface area (Å²) in [5.41, 5.74) is 0.924. The van der Waals surface area contributed by atoms with Gasteiger partial charge < -0.3 is 4.98 Å². The third kappa shape index (κ3) is 0.598. The summed E-state index contributed by atoms with van der Waals surface area (Å²) in [6, 6.07) is 3.65. The first-order valence-electron chi connectivity index (χ1n) is 3.25. The van der Waals surface area contributed by atoms with Gasteiger partial charge in [0.15, 0.2) is 0 Å². The lowest BCUT2D eigenvalue weighted by atomic mass is 10.3. The highest BCUT2D eigenvalue weighted by atomic mass is 14.7. The fraction of sp³-hybridized carbons (Fsp3) is 0. The van der Waals surface area contributed by atoms with Crippen LogP contribution >= 0.6 is 0 Å². The number of fused-ring (bicyclic) bond motifs is 1. The lowest BCUT2D eigenvalue weighted by Crippen LogP contribution is -1.68. The van der Waals surface area contributed by atoms with E-state index in [0.717, 1.165) is 10.9 Å². The Hall–Kier alpha value is -1.31. The minimum atomic E-state index is 0.433. The molecule has 0 radical (unpaired) electrons. The van der Waals surface area contributed by atoms with Gasteiger partial charge in [0, 0.05) is 17.8 Å². The Balaban J connectivity index is 2.88. The number of aromatic amines is 1. The average molecular weight is 119 g/mol. The molecule has 0 unspecified atom stereocenters. The normalized spacial score (nSPS) is 11.8. The lowest BCUT2D eigenvalue weighted by Gasteiger charge is -1.82. The molecule has 0 aliphatic heterocycles. The molecule has 2 heteroatoms. The van der Waals surface area contributed by atoms with Gasteiger partial charge >= 0.3 is 0 Å². The Labute approximate surface area is 53.9 Å². The van der Waals surface area contributed by atoms with Crippen molar-refractivity contribution in [3.8, 4) is 0 Å². The number of rotatable bonds is 0. The van der Waals surface area contributed by atoms with Crippen LogP contribution in [0, 0.1) is 0 Å². The zero-order valence-electron chi connectivity index (χ0n) is 5.76. The number of H-pyrrole nitrogens is 1. The van der Waals surface area contributed by atoms with E-state index in [9.17, 15) is 0 Å². The van der Waals surface area contributed by atoms with Gasteiger partial charge in [-0.25, -0.2) is 0 Å². The summed E-state index contributed by atoms with van der Waals surface area (Å²) in [6.07, 6.45) is 3.87. The second-order valence-corrected chi connectivity index (χ2v) is 1.88. The fourth-order valence-electron chi connectivity index (χ4n) is 0.827. The molecule has 0 aliphatic rings. The van der Waals surface area contributed by atoms with Crippen molar-refractivity contribution in [1.29, 1.82) is 0 Å². The van der Waals surface area contributed by atoms with Crippen molar-refractivity contribution in [2.24, 2.45) is 0 Å². The monoisotopic (exact) mass is 119 g/mol. The maximum Gasteiger partial charge on any atom is 0.0816 e. The van der Waals surface area contributed by atoms with E-state index in [-0.39, 0.29) is 0 Å². The van der Waals surface area contributed by atoms with E-state index in [4.69, 9.17) is 1.37 Å². The molecule has 1 N–H and O–H groups in total. The quantitative estimate of drug-likeness (QED) is 0.560. The third-order valence-corrected chi connectivity index (χ3v) is 1.29. The molecule has 0 bridgehead atoms. The van der Waals surface area contributed by atoms with Crippen molar-refractivity contribution >= 4 is 10.9 Å². The number of aromatic nitrogens is 2. The summed E-state index contributed by atoms with van der Waals surface area (Å²) in [4.78, 5) is 6.77. The standard InChI is InChI=1S/C7H6N2/c1-3-8-5-7-6(1)2-4-9-7/h1-5,9H/i4D. The summed E-state index contributed by atoms with van der Waals surface area (Å²) < 4.78 is 7.24. The first-order chi connectivity index (χ1) is 4.86. The molecule has 0 spiro atoms. The van der Waals surface area contributed by atoms with Gasteiger partial charge in [0.05, 0.1) is 13.1 Å². The molecule has 2 rings (SSSR count). The van der Waals surface area contributed by atoms with E-state index in [1.165, 1.54) is 0 Å². The highest BCUT2D eigenvalue weighted by Crippen LogP contribution is 2.07. The SMILES string of the molecule is [2H]c1cc2ccncc2[nH]1. The van der Waals surface area contributed by atoms with Crippen molar-refractivity contribution in [3.63, 3.8) is 0 Å².